The summed E-state index contributed by atoms with van der Waals surface area (Å²) < 4.78 is 0. The quantitative estimate of drug-likeness (QED) is 0.144. The van der Waals surface area contributed by atoms with Gasteiger partial charge in [-0.2, -0.15) is 0 Å². The lowest BCUT2D eigenvalue weighted by molar-refractivity contribution is -0.149. The summed E-state index contributed by atoms with van der Waals surface area (Å²) in [6.07, 6.45) is 30.9. The molecule has 0 aliphatic carbocycles. The first-order chi connectivity index (χ1) is 15.1. The van der Waals surface area contributed by atoms with Gasteiger partial charge < -0.3 is 5.11 Å². The van der Waals surface area contributed by atoms with Crippen LogP contribution in [0, 0.1) is 5.41 Å². The van der Waals surface area contributed by atoms with Crippen molar-refractivity contribution in [3.63, 3.8) is 0 Å². The van der Waals surface area contributed by atoms with Gasteiger partial charge >= 0.3 is 5.97 Å². The topological polar surface area (TPSA) is 37.3 Å². The van der Waals surface area contributed by atoms with Crippen molar-refractivity contribution in [3.05, 3.63) is 0 Å². The van der Waals surface area contributed by atoms with Crippen molar-refractivity contribution in [1.82, 2.24) is 0 Å². The van der Waals surface area contributed by atoms with Gasteiger partial charge in [-0.05, 0) is 19.8 Å². The van der Waals surface area contributed by atoms with Gasteiger partial charge in [-0.15, -0.1) is 0 Å². The molecular formula is C29H58O2. The Morgan fingerprint density at radius 3 is 0.935 bits per heavy atom. The van der Waals surface area contributed by atoms with Crippen LogP contribution >= 0.6 is 0 Å². The summed E-state index contributed by atoms with van der Waals surface area (Å²) in [7, 11) is 0. The number of carboxylic acid groups (broad SMARTS) is 1. The van der Waals surface area contributed by atoms with Gasteiger partial charge in [-0.1, -0.05) is 155 Å². The second kappa shape index (κ2) is 22.7. The molecule has 0 radical (unpaired) electrons. The molecule has 2 heteroatoms. The van der Waals surface area contributed by atoms with Gasteiger partial charge in [0.15, 0.2) is 0 Å². The molecule has 0 fully saturated rings. The molecule has 0 amide bonds. The minimum atomic E-state index is -0.579. The van der Waals surface area contributed by atoms with Crippen molar-refractivity contribution < 1.29 is 9.90 Å². The van der Waals surface area contributed by atoms with Crippen LogP contribution in [0.4, 0.5) is 0 Å². The van der Waals surface area contributed by atoms with E-state index < -0.39 is 11.4 Å². The van der Waals surface area contributed by atoms with Crippen molar-refractivity contribution in [1.29, 1.82) is 0 Å². The Labute approximate surface area is 196 Å². The Kier molecular flexibility index (Phi) is 22.3. The maximum absolute atomic E-state index is 11.8. The zero-order valence-corrected chi connectivity index (χ0v) is 21.8. The number of aliphatic carboxylic acids is 1. The summed E-state index contributed by atoms with van der Waals surface area (Å²) >= 11 is 0. The van der Waals surface area contributed by atoms with Crippen LogP contribution in [-0.2, 0) is 4.79 Å². The number of carbonyl (C=O) groups is 1. The average Bonchev–Trinajstić information content (AvgIpc) is 2.75. The Morgan fingerprint density at radius 1 is 0.484 bits per heavy atom. The summed E-state index contributed by atoms with van der Waals surface area (Å²) in [5.74, 6) is -0.579. The lowest BCUT2D eigenvalue weighted by Gasteiger charge is -2.24. The molecule has 186 valence electrons. The van der Waals surface area contributed by atoms with Crippen molar-refractivity contribution in [2.75, 3.05) is 0 Å². The van der Waals surface area contributed by atoms with Gasteiger partial charge in [0.05, 0.1) is 5.41 Å². The van der Waals surface area contributed by atoms with Gasteiger partial charge in [0.1, 0.15) is 0 Å². The first-order valence-electron chi connectivity index (χ1n) is 14.3. The normalized spacial score (nSPS) is 13.4. The third kappa shape index (κ3) is 19.9. The van der Waals surface area contributed by atoms with Crippen LogP contribution in [-0.4, -0.2) is 11.1 Å². The van der Waals surface area contributed by atoms with E-state index in [4.69, 9.17) is 0 Å². The van der Waals surface area contributed by atoms with E-state index in [1.807, 2.05) is 6.92 Å². The predicted octanol–water partition coefficient (Wildman–Crippen LogP) is 10.5. The van der Waals surface area contributed by atoms with E-state index in [9.17, 15) is 9.90 Å². The molecule has 0 saturated carbocycles. The van der Waals surface area contributed by atoms with Crippen molar-refractivity contribution in [3.8, 4) is 0 Å². The first kappa shape index (κ1) is 30.5. The molecule has 0 aromatic carbocycles. The summed E-state index contributed by atoms with van der Waals surface area (Å²) in [5, 5.41) is 9.74. The number of hydrogen-bond acceptors (Lipinski definition) is 1. The number of hydrogen-bond donors (Lipinski definition) is 1. The first-order valence-corrected chi connectivity index (χ1v) is 14.3. The van der Waals surface area contributed by atoms with Gasteiger partial charge in [-0.3, -0.25) is 4.79 Å². The zero-order chi connectivity index (χ0) is 23.0. The molecule has 1 unspecified atom stereocenters. The van der Waals surface area contributed by atoms with E-state index in [-0.39, 0.29) is 0 Å². The molecule has 0 aromatic heterocycles. The van der Waals surface area contributed by atoms with Crippen LogP contribution in [0.2, 0.25) is 0 Å². The maximum atomic E-state index is 11.8. The molecule has 0 spiro atoms. The fraction of sp³-hybridized carbons (Fsp3) is 0.966. The van der Waals surface area contributed by atoms with Crippen LogP contribution in [0.5, 0.6) is 0 Å². The number of carboxylic acids is 1. The van der Waals surface area contributed by atoms with Crippen molar-refractivity contribution >= 4 is 5.97 Å². The SMILES string of the molecule is CCCCCCCCCCCCCCCCC(C)(CCCCCCCCCC)C(=O)O. The van der Waals surface area contributed by atoms with E-state index >= 15 is 0 Å². The Bertz CT molecular complexity index is 379. The number of rotatable bonds is 25. The average molecular weight is 439 g/mol. The second-order valence-electron chi connectivity index (χ2n) is 10.4. The molecule has 1 N–H and O–H groups in total. The largest absolute Gasteiger partial charge is 0.481 e. The summed E-state index contributed by atoms with van der Waals surface area (Å²) in [4.78, 5) is 11.8. The lowest BCUT2D eigenvalue weighted by Crippen LogP contribution is -2.27. The van der Waals surface area contributed by atoms with Crippen LogP contribution in [0.3, 0.4) is 0 Å². The summed E-state index contributed by atoms with van der Waals surface area (Å²) in [6.45, 7) is 6.52. The molecule has 0 bridgehead atoms. The molecule has 0 aliphatic rings. The monoisotopic (exact) mass is 438 g/mol. The fourth-order valence-corrected chi connectivity index (χ4v) is 4.70. The standard InChI is InChI=1S/C29H58O2/c1-4-6-8-10-12-14-15-16-17-18-19-21-23-25-27-29(3,28(30)31)26-24-22-20-13-11-9-7-5-2/h4-27H2,1-3H3,(H,30,31). The van der Waals surface area contributed by atoms with Gasteiger partial charge in [0, 0.05) is 0 Å². The zero-order valence-electron chi connectivity index (χ0n) is 21.8. The second-order valence-corrected chi connectivity index (χ2v) is 10.4. The van der Waals surface area contributed by atoms with Gasteiger partial charge in [-0.25, -0.2) is 0 Å². The summed E-state index contributed by atoms with van der Waals surface area (Å²) in [6, 6.07) is 0. The smallest absolute Gasteiger partial charge is 0.309 e. The van der Waals surface area contributed by atoms with Crippen LogP contribution in [0.1, 0.15) is 175 Å². The molecule has 0 aromatic rings. The minimum absolute atomic E-state index is 0.501. The van der Waals surface area contributed by atoms with E-state index in [1.165, 1.54) is 128 Å². The molecule has 0 saturated heterocycles. The van der Waals surface area contributed by atoms with Crippen LogP contribution < -0.4 is 0 Å². The Balaban J connectivity index is 3.58. The van der Waals surface area contributed by atoms with E-state index in [1.54, 1.807) is 0 Å². The highest BCUT2D eigenvalue weighted by Gasteiger charge is 2.31. The summed E-state index contributed by atoms with van der Waals surface area (Å²) in [5.41, 5.74) is -0.501. The molecule has 0 rings (SSSR count). The highest BCUT2D eigenvalue weighted by atomic mass is 16.4. The van der Waals surface area contributed by atoms with Crippen molar-refractivity contribution in [2.45, 2.75) is 175 Å². The maximum Gasteiger partial charge on any atom is 0.309 e. The lowest BCUT2D eigenvalue weighted by atomic mass is 9.80. The van der Waals surface area contributed by atoms with Gasteiger partial charge in [0.2, 0.25) is 0 Å². The van der Waals surface area contributed by atoms with E-state index in [0.29, 0.717) is 0 Å². The highest BCUT2D eigenvalue weighted by Crippen LogP contribution is 2.32. The molecule has 31 heavy (non-hydrogen) atoms. The minimum Gasteiger partial charge on any atom is -0.481 e. The molecule has 1 atom stereocenters. The Hall–Kier alpha value is -0.530. The molecule has 0 heterocycles. The fourth-order valence-electron chi connectivity index (χ4n) is 4.70. The predicted molar refractivity (Wildman–Crippen MR) is 138 cm³/mol. The van der Waals surface area contributed by atoms with Crippen LogP contribution in [0.25, 0.3) is 0 Å². The molecule has 2 nitrogen and oxygen atoms in total. The number of unbranched alkanes of at least 4 members (excludes halogenated alkanes) is 20. The van der Waals surface area contributed by atoms with Crippen LogP contribution in [0.15, 0.2) is 0 Å². The Morgan fingerprint density at radius 2 is 0.710 bits per heavy atom. The molecule has 0 aliphatic heterocycles. The third-order valence-corrected chi connectivity index (χ3v) is 7.18. The third-order valence-electron chi connectivity index (χ3n) is 7.18. The van der Waals surface area contributed by atoms with E-state index in [0.717, 1.165) is 25.7 Å². The van der Waals surface area contributed by atoms with Crippen molar-refractivity contribution in [2.24, 2.45) is 5.41 Å². The highest BCUT2D eigenvalue weighted by molar-refractivity contribution is 5.74. The van der Waals surface area contributed by atoms with E-state index in [2.05, 4.69) is 13.8 Å². The molecular weight excluding hydrogens is 380 g/mol. The van der Waals surface area contributed by atoms with Gasteiger partial charge in [0.25, 0.3) is 0 Å².